The van der Waals surface area contributed by atoms with E-state index >= 15 is 0 Å². The van der Waals surface area contributed by atoms with E-state index in [-0.39, 0.29) is 18.5 Å². The van der Waals surface area contributed by atoms with Gasteiger partial charge in [-0.05, 0) is 53.4 Å². The number of nitrogens with zero attached hydrogens (tertiary/aromatic N) is 2. The molecule has 0 bridgehead atoms. The lowest BCUT2D eigenvalue weighted by atomic mass is 9.95. The Morgan fingerprint density at radius 3 is 2.26 bits per heavy atom. The number of carbonyl (C=O) groups excluding carboxylic acids is 2. The zero-order valence-corrected chi connectivity index (χ0v) is 22.0. The van der Waals surface area contributed by atoms with Crippen molar-refractivity contribution in [2.45, 2.75) is 57.7 Å². The number of nitrogens with one attached hydrogen (secondary N) is 1. The molecular weight excluding hydrogens is 518 g/mol. The number of hydrogen-bond donors (Lipinski definition) is 1. The van der Waals surface area contributed by atoms with Crippen molar-refractivity contribution in [2.75, 3.05) is 17.1 Å². The van der Waals surface area contributed by atoms with E-state index in [4.69, 9.17) is 0 Å². The summed E-state index contributed by atoms with van der Waals surface area (Å²) < 4.78 is 26.9. The average molecular weight is 551 g/mol. The van der Waals surface area contributed by atoms with E-state index in [0.29, 0.717) is 10.2 Å². The van der Waals surface area contributed by atoms with Crippen molar-refractivity contribution in [3.63, 3.8) is 0 Å². The molecule has 0 spiro atoms. The molecule has 1 atom stereocenters. The molecule has 1 saturated carbocycles. The van der Waals surface area contributed by atoms with E-state index < -0.39 is 28.5 Å². The lowest BCUT2D eigenvalue weighted by molar-refractivity contribution is -0.139. The third-order valence-electron chi connectivity index (χ3n) is 6.11. The Hall–Kier alpha value is -2.39. The summed E-state index contributed by atoms with van der Waals surface area (Å²) >= 11 is 3.38. The van der Waals surface area contributed by atoms with Gasteiger partial charge >= 0.3 is 0 Å². The minimum absolute atomic E-state index is 0.116. The van der Waals surface area contributed by atoms with Gasteiger partial charge in [0.1, 0.15) is 12.6 Å². The molecule has 184 valence electrons. The highest BCUT2D eigenvalue weighted by atomic mass is 79.9. The number of benzene rings is 2. The monoisotopic (exact) mass is 549 g/mol. The third kappa shape index (κ3) is 7.06. The Balaban J connectivity index is 1.85. The SMILES string of the molecule is CC(C(=O)NC1CCCCC1)N(Cc1ccccc1)C(=O)CN(c1ccccc1Br)S(C)(=O)=O. The molecule has 1 aliphatic rings. The van der Waals surface area contributed by atoms with Gasteiger partial charge in [0.05, 0.1) is 11.9 Å². The lowest BCUT2D eigenvalue weighted by Crippen LogP contribution is -2.53. The molecule has 0 aromatic heterocycles. The van der Waals surface area contributed by atoms with Crippen molar-refractivity contribution >= 4 is 43.5 Å². The van der Waals surface area contributed by atoms with Crippen molar-refractivity contribution in [2.24, 2.45) is 0 Å². The maximum Gasteiger partial charge on any atom is 0.244 e. The molecule has 1 fully saturated rings. The largest absolute Gasteiger partial charge is 0.352 e. The minimum Gasteiger partial charge on any atom is -0.352 e. The number of carbonyl (C=O) groups is 2. The van der Waals surface area contributed by atoms with Crippen LogP contribution in [-0.2, 0) is 26.2 Å². The average Bonchev–Trinajstić information content (AvgIpc) is 2.81. The second-order valence-corrected chi connectivity index (χ2v) is 11.5. The van der Waals surface area contributed by atoms with Crippen LogP contribution in [0, 0.1) is 0 Å². The number of amides is 2. The zero-order valence-electron chi connectivity index (χ0n) is 19.6. The van der Waals surface area contributed by atoms with Crippen LogP contribution >= 0.6 is 15.9 Å². The predicted molar refractivity (Wildman–Crippen MR) is 138 cm³/mol. The van der Waals surface area contributed by atoms with E-state index in [0.717, 1.165) is 41.8 Å². The molecule has 0 saturated heterocycles. The Labute approximate surface area is 210 Å². The van der Waals surface area contributed by atoms with Gasteiger partial charge in [-0.3, -0.25) is 13.9 Å². The third-order valence-corrected chi connectivity index (χ3v) is 7.91. The summed E-state index contributed by atoms with van der Waals surface area (Å²) in [5.41, 5.74) is 1.23. The van der Waals surface area contributed by atoms with Crippen LogP contribution in [0.25, 0.3) is 0 Å². The van der Waals surface area contributed by atoms with Gasteiger partial charge in [-0.25, -0.2) is 8.42 Å². The van der Waals surface area contributed by atoms with Crippen molar-refractivity contribution in [1.82, 2.24) is 10.2 Å². The molecule has 0 aliphatic heterocycles. The molecule has 9 heteroatoms. The van der Waals surface area contributed by atoms with E-state index in [1.54, 1.807) is 31.2 Å². The van der Waals surface area contributed by atoms with Crippen LogP contribution in [0.4, 0.5) is 5.69 Å². The Kier molecular flexibility index (Phi) is 9.13. The molecule has 2 aromatic carbocycles. The first-order valence-corrected chi connectivity index (χ1v) is 14.2. The van der Waals surface area contributed by atoms with Gasteiger partial charge < -0.3 is 10.2 Å². The number of para-hydroxylation sites is 1. The topological polar surface area (TPSA) is 86.8 Å². The number of rotatable bonds is 9. The molecule has 0 radical (unpaired) electrons. The first kappa shape index (κ1) is 26.2. The molecule has 1 aliphatic carbocycles. The fraction of sp³-hybridized carbons (Fsp3) is 0.440. The maximum absolute atomic E-state index is 13.6. The van der Waals surface area contributed by atoms with Crippen LogP contribution in [0.3, 0.4) is 0 Å². The molecular formula is C25H32BrN3O4S. The standard InChI is InChI=1S/C25H32BrN3O4S/c1-19(25(31)27-21-13-7-4-8-14-21)28(17-20-11-5-3-6-12-20)24(30)18-29(34(2,32)33)23-16-10-9-15-22(23)26/h3,5-6,9-12,15-16,19,21H,4,7-8,13-14,17-18H2,1-2H3,(H,27,31). The number of sulfonamides is 1. The highest BCUT2D eigenvalue weighted by molar-refractivity contribution is 9.10. The van der Waals surface area contributed by atoms with Crippen LogP contribution < -0.4 is 9.62 Å². The molecule has 2 aromatic rings. The summed E-state index contributed by atoms with van der Waals surface area (Å²) in [5, 5.41) is 3.09. The summed E-state index contributed by atoms with van der Waals surface area (Å²) in [4.78, 5) is 28.1. The number of anilines is 1. The Morgan fingerprint density at radius 2 is 1.65 bits per heavy atom. The van der Waals surface area contributed by atoms with Crippen molar-refractivity contribution < 1.29 is 18.0 Å². The van der Waals surface area contributed by atoms with Gasteiger partial charge in [-0.15, -0.1) is 0 Å². The van der Waals surface area contributed by atoms with Crippen molar-refractivity contribution in [1.29, 1.82) is 0 Å². The summed E-state index contributed by atoms with van der Waals surface area (Å²) in [7, 11) is -3.76. The van der Waals surface area contributed by atoms with Crippen LogP contribution in [0.1, 0.15) is 44.6 Å². The first-order valence-electron chi connectivity index (χ1n) is 11.5. The first-order chi connectivity index (χ1) is 16.2. The summed E-state index contributed by atoms with van der Waals surface area (Å²) in [6.07, 6.45) is 6.30. The van der Waals surface area contributed by atoms with Crippen molar-refractivity contribution in [3.05, 3.63) is 64.6 Å². The van der Waals surface area contributed by atoms with E-state index in [1.807, 2.05) is 30.3 Å². The van der Waals surface area contributed by atoms with E-state index in [9.17, 15) is 18.0 Å². The van der Waals surface area contributed by atoms with Crippen LogP contribution in [0.2, 0.25) is 0 Å². The molecule has 7 nitrogen and oxygen atoms in total. The van der Waals surface area contributed by atoms with Crippen LogP contribution in [-0.4, -0.2) is 50.0 Å². The molecule has 1 unspecified atom stereocenters. The van der Waals surface area contributed by atoms with Gasteiger partial charge in [-0.2, -0.15) is 0 Å². The lowest BCUT2D eigenvalue weighted by Gasteiger charge is -2.33. The molecule has 1 N–H and O–H groups in total. The molecule has 34 heavy (non-hydrogen) atoms. The summed E-state index contributed by atoms with van der Waals surface area (Å²) in [6, 6.07) is 15.6. The highest BCUT2D eigenvalue weighted by Gasteiger charge is 2.31. The summed E-state index contributed by atoms with van der Waals surface area (Å²) in [6.45, 7) is 1.49. The fourth-order valence-corrected chi connectivity index (χ4v) is 5.66. The van der Waals surface area contributed by atoms with Gasteiger partial charge in [0.2, 0.25) is 21.8 Å². The molecule has 2 amide bonds. The van der Waals surface area contributed by atoms with E-state index in [1.165, 1.54) is 11.3 Å². The quantitative estimate of drug-likeness (QED) is 0.510. The smallest absolute Gasteiger partial charge is 0.244 e. The molecule has 0 heterocycles. The fourth-order valence-electron chi connectivity index (χ4n) is 4.18. The number of halogens is 1. The highest BCUT2D eigenvalue weighted by Crippen LogP contribution is 2.28. The van der Waals surface area contributed by atoms with Gasteiger partial charge in [-0.1, -0.05) is 61.7 Å². The van der Waals surface area contributed by atoms with E-state index in [2.05, 4.69) is 21.2 Å². The summed E-state index contributed by atoms with van der Waals surface area (Å²) in [5.74, 6) is -0.667. The Morgan fingerprint density at radius 1 is 1.03 bits per heavy atom. The van der Waals surface area contributed by atoms with Crippen LogP contribution in [0.5, 0.6) is 0 Å². The Bertz CT molecular complexity index is 1090. The van der Waals surface area contributed by atoms with Crippen molar-refractivity contribution in [3.8, 4) is 0 Å². The zero-order chi connectivity index (χ0) is 24.7. The maximum atomic E-state index is 13.6. The normalized spacial score (nSPS) is 15.4. The van der Waals surface area contributed by atoms with Gasteiger partial charge in [0.25, 0.3) is 0 Å². The predicted octanol–water partition coefficient (Wildman–Crippen LogP) is 4.08. The second kappa shape index (κ2) is 11.8. The van der Waals surface area contributed by atoms with Gasteiger partial charge in [0, 0.05) is 17.1 Å². The van der Waals surface area contributed by atoms with Gasteiger partial charge in [0.15, 0.2) is 0 Å². The van der Waals surface area contributed by atoms with Crippen LogP contribution in [0.15, 0.2) is 59.1 Å². The molecule has 3 rings (SSSR count). The number of hydrogen-bond acceptors (Lipinski definition) is 4. The minimum atomic E-state index is -3.76. The second-order valence-electron chi connectivity index (χ2n) is 8.75.